The number of hydrogen-bond donors (Lipinski definition) is 1. The van der Waals surface area contributed by atoms with Crippen molar-refractivity contribution >= 4 is 19.9 Å². The highest BCUT2D eigenvalue weighted by Gasteiger charge is 2.43. The van der Waals surface area contributed by atoms with Crippen molar-refractivity contribution in [2.75, 3.05) is 18.1 Å². The normalized spacial score (nSPS) is 25.9. The molecule has 0 aromatic heterocycles. The number of aliphatic hydroxyl groups excluding tert-OH is 1. The molecule has 8 heteroatoms. The Hall–Kier alpha value is -0.960. The molecule has 1 N–H and O–H groups in total. The minimum absolute atomic E-state index is 0.0957. The van der Waals surface area contributed by atoms with Gasteiger partial charge in [-0.25, -0.2) is 16.8 Å². The Bertz CT molecular complexity index is 669. The second-order valence-corrected chi connectivity index (χ2v) is 8.78. The molecular formula is C12H17NO5S2. The molecule has 1 aliphatic heterocycles. The van der Waals surface area contributed by atoms with Gasteiger partial charge in [0.05, 0.1) is 28.5 Å². The van der Waals surface area contributed by atoms with Crippen LogP contribution in [0.1, 0.15) is 6.92 Å². The molecule has 0 spiro atoms. The van der Waals surface area contributed by atoms with Gasteiger partial charge in [-0.1, -0.05) is 25.1 Å². The maximum Gasteiger partial charge on any atom is 0.243 e. The van der Waals surface area contributed by atoms with Gasteiger partial charge < -0.3 is 5.11 Å². The molecule has 2 rings (SSSR count). The number of hydrogen-bond acceptors (Lipinski definition) is 5. The molecule has 0 bridgehead atoms. The summed E-state index contributed by atoms with van der Waals surface area (Å²) in [5.41, 5.74) is 0. The molecule has 0 radical (unpaired) electrons. The summed E-state index contributed by atoms with van der Waals surface area (Å²) < 4.78 is 49.2. The number of sulfone groups is 1. The van der Waals surface area contributed by atoms with Crippen LogP contribution in [0.4, 0.5) is 0 Å². The van der Waals surface area contributed by atoms with Gasteiger partial charge >= 0.3 is 0 Å². The van der Waals surface area contributed by atoms with E-state index in [1.807, 2.05) is 0 Å². The standard InChI is InChI=1S/C12H17NO5S2/c1-2-13(11-8-19(15,16)9-12(11)14)20(17,18)10-6-4-3-5-7-10/h3-7,11-12,14H,2,8-9H2,1H3/t11-,12+/m1/s1. The average Bonchev–Trinajstić information content (AvgIpc) is 2.64. The third-order valence-electron chi connectivity index (χ3n) is 3.32. The van der Waals surface area contributed by atoms with Crippen molar-refractivity contribution < 1.29 is 21.9 Å². The van der Waals surface area contributed by atoms with Crippen LogP contribution in [0.5, 0.6) is 0 Å². The first kappa shape index (κ1) is 15.4. The third-order valence-corrected chi connectivity index (χ3v) is 7.04. The van der Waals surface area contributed by atoms with Gasteiger partial charge in [-0.2, -0.15) is 4.31 Å². The van der Waals surface area contributed by atoms with Crippen LogP contribution in [0.15, 0.2) is 35.2 Å². The summed E-state index contributed by atoms with van der Waals surface area (Å²) in [5, 5.41) is 9.85. The van der Waals surface area contributed by atoms with Crippen LogP contribution < -0.4 is 0 Å². The Morgan fingerprint density at radius 1 is 1.25 bits per heavy atom. The number of nitrogens with zero attached hydrogens (tertiary/aromatic N) is 1. The first-order chi connectivity index (χ1) is 9.28. The summed E-state index contributed by atoms with van der Waals surface area (Å²) in [5.74, 6) is -0.730. The van der Waals surface area contributed by atoms with Crippen molar-refractivity contribution in [3.05, 3.63) is 30.3 Å². The van der Waals surface area contributed by atoms with Crippen LogP contribution in [-0.4, -0.2) is 56.4 Å². The van der Waals surface area contributed by atoms with E-state index in [0.29, 0.717) is 0 Å². The molecule has 0 saturated carbocycles. The van der Waals surface area contributed by atoms with E-state index < -0.39 is 37.8 Å². The van der Waals surface area contributed by atoms with Crippen molar-refractivity contribution in [1.82, 2.24) is 4.31 Å². The quantitative estimate of drug-likeness (QED) is 0.833. The Morgan fingerprint density at radius 2 is 1.85 bits per heavy atom. The molecule has 1 aliphatic rings. The van der Waals surface area contributed by atoms with E-state index in [0.717, 1.165) is 4.31 Å². The molecule has 20 heavy (non-hydrogen) atoms. The number of sulfonamides is 1. The van der Waals surface area contributed by atoms with Gasteiger partial charge in [-0.3, -0.25) is 0 Å². The molecule has 1 fully saturated rings. The molecule has 6 nitrogen and oxygen atoms in total. The summed E-state index contributed by atoms with van der Waals surface area (Å²) >= 11 is 0. The molecule has 1 heterocycles. The van der Waals surface area contributed by atoms with Gasteiger partial charge in [0.15, 0.2) is 9.84 Å². The lowest BCUT2D eigenvalue weighted by Gasteiger charge is -2.28. The largest absolute Gasteiger partial charge is 0.390 e. The Labute approximate surface area is 119 Å². The van der Waals surface area contributed by atoms with Gasteiger partial charge in [0.1, 0.15) is 0 Å². The average molecular weight is 319 g/mol. The summed E-state index contributed by atoms with van der Waals surface area (Å²) in [6, 6.07) is 6.88. The van der Waals surface area contributed by atoms with E-state index >= 15 is 0 Å². The SMILES string of the molecule is CCN([C@@H]1CS(=O)(=O)C[C@@H]1O)S(=O)(=O)c1ccccc1. The molecule has 0 unspecified atom stereocenters. The first-order valence-electron chi connectivity index (χ1n) is 6.23. The van der Waals surface area contributed by atoms with Crippen molar-refractivity contribution in [2.45, 2.75) is 24.0 Å². The predicted molar refractivity (Wildman–Crippen MR) is 74.5 cm³/mol. The molecule has 1 aromatic rings. The maximum atomic E-state index is 12.5. The second kappa shape index (κ2) is 5.44. The smallest absolute Gasteiger partial charge is 0.243 e. The lowest BCUT2D eigenvalue weighted by molar-refractivity contribution is 0.130. The zero-order valence-corrected chi connectivity index (χ0v) is 12.6. The fourth-order valence-electron chi connectivity index (χ4n) is 2.40. The van der Waals surface area contributed by atoms with Gasteiger partial charge in [0, 0.05) is 6.54 Å². The van der Waals surface area contributed by atoms with Gasteiger partial charge in [-0.05, 0) is 12.1 Å². The molecular weight excluding hydrogens is 302 g/mol. The summed E-state index contributed by atoms with van der Waals surface area (Å²) in [4.78, 5) is 0.0957. The number of likely N-dealkylation sites (N-methyl/N-ethyl adjacent to an activating group) is 1. The predicted octanol–water partition coefficient (Wildman–Crippen LogP) is -0.145. The molecule has 1 saturated heterocycles. The number of aliphatic hydroxyl groups is 1. The van der Waals surface area contributed by atoms with Gasteiger partial charge in [0.25, 0.3) is 0 Å². The Morgan fingerprint density at radius 3 is 2.30 bits per heavy atom. The molecule has 112 valence electrons. The van der Waals surface area contributed by atoms with Crippen molar-refractivity contribution in [3.63, 3.8) is 0 Å². The Kier molecular flexibility index (Phi) is 4.19. The molecule has 0 aliphatic carbocycles. The van der Waals surface area contributed by atoms with Crippen molar-refractivity contribution in [1.29, 1.82) is 0 Å². The van der Waals surface area contributed by atoms with Crippen LogP contribution in [-0.2, 0) is 19.9 Å². The summed E-state index contributed by atoms with van der Waals surface area (Å²) in [7, 11) is -7.21. The topological polar surface area (TPSA) is 91.8 Å². The maximum absolute atomic E-state index is 12.5. The van der Waals surface area contributed by atoms with Crippen LogP contribution in [0.25, 0.3) is 0 Å². The minimum atomic E-state index is -3.81. The fraction of sp³-hybridized carbons (Fsp3) is 0.500. The van der Waals surface area contributed by atoms with E-state index in [2.05, 4.69) is 0 Å². The highest BCUT2D eigenvalue weighted by atomic mass is 32.2. The zero-order chi connectivity index (χ0) is 15.0. The summed E-state index contributed by atoms with van der Waals surface area (Å²) in [6.07, 6.45) is -1.18. The lowest BCUT2D eigenvalue weighted by atomic mass is 10.2. The molecule has 1 aromatic carbocycles. The van der Waals surface area contributed by atoms with E-state index in [1.54, 1.807) is 25.1 Å². The fourth-order valence-corrected chi connectivity index (χ4v) is 5.97. The van der Waals surface area contributed by atoms with Gasteiger partial charge in [-0.15, -0.1) is 0 Å². The minimum Gasteiger partial charge on any atom is -0.390 e. The van der Waals surface area contributed by atoms with Crippen LogP contribution in [0.3, 0.4) is 0 Å². The van der Waals surface area contributed by atoms with Crippen molar-refractivity contribution in [3.8, 4) is 0 Å². The van der Waals surface area contributed by atoms with E-state index in [-0.39, 0.29) is 17.2 Å². The van der Waals surface area contributed by atoms with Crippen molar-refractivity contribution in [2.24, 2.45) is 0 Å². The first-order valence-corrected chi connectivity index (χ1v) is 9.49. The lowest BCUT2D eigenvalue weighted by Crippen LogP contribution is -2.46. The van der Waals surface area contributed by atoms with Crippen LogP contribution in [0.2, 0.25) is 0 Å². The highest BCUT2D eigenvalue weighted by Crippen LogP contribution is 2.24. The third kappa shape index (κ3) is 2.88. The summed E-state index contributed by atoms with van der Waals surface area (Å²) in [6.45, 7) is 1.73. The number of rotatable bonds is 4. The molecule has 0 amide bonds. The highest BCUT2D eigenvalue weighted by molar-refractivity contribution is 7.92. The van der Waals surface area contributed by atoms with Gasteiger partial charge in [0.2, 0.25) is 10.0 Å². The monoisotopic (exact) mass is 319 g/mol. The molecule has 2 atom stereocenters. The Balaban J connectivity index is 2.39. The number of benzene rings is 1. The van der Waals surface area contributed by atoms with Crippen LogP contribution in [0, 0.1) is 0 Å². The van der Waals surface area contributed by atoms with E-state index in [9.17, 15) is 21.9 Å². The van der Waals surface area contributed by atoms with E-state index in [1.165, 1.54) is 12.1 Å². The van der Waals surface area contributed by atoms with Crippen LogP contribution >= 0.6 is 0 Å². The van der Waals surface area contributed by atoms with E-state index in [4.69, 9.17) is 0 Å². The zero-order valence-electron chi connectivity index (χ0n) is 11.0. The second-order valence-electron chi connectivity index (χ2n) is 4.73.